The van der Waals surface area contributed by atoms with Crippen LogP contribution >= 0.6 is 0 Å². The number of nitrogens with zero attached hydrogens (tertiary/aromatic N) is 4. The van der Waals surface area contributed by atoms with Crippen LogP contribution in [0.1, 0.15) is 43.7 Å². The highest BCUT2D eigenvalue weighted by Crippen LogP contribution is 2.53. The number of aromatic amines is 1. The van der Waals surface area contributed by atoms with Crippen molar-refractivity contribution >= 4 is 11.9 Å². The maximum absolute atomic E-state index is 14.2. The molecule has 12 heteroatoms. The van der Waals surface area contributed by atoms with Crippen molar-refractivity contribution in [1.29, 1.82) is 0 Å². The monoisotopic (exact) mass is 442 g/mol. The number of alkyl halides is 3. The number of nitrogens with one attached hydrogen (secondary N) is 2. The number of amides is 1. The first-order valence-corrected chi connectivity index (χ1v) is 10.0. The minimum absolute atomic E-state index is 0.117. The molecule has 0 bridgehead atoms. The number of carbonyl (C=O) groups excluding carboxylic acids is 1. The first kappa shape index (κ1) is 21.3. The van der Waals surface area contributed by atoms with Crippen LogP contribution in [0.4, 0.5) is 23.5 Å². The fourth-order valence-corrected chi connectivity index (χ4v) is 4.23. The Labute approximate surface area is 175 Å². The van der Waals surface area contributed by atoms with E-state index in [-0.39, 0.29) is 11.6 Å². The van der Waals surface area contributed by atoms with Crippen LogP contribution in [0.5, 0.6) is 5.75 Å². The molecule has 2 aromatic rings. The van der Waals surface area contributed by atoms with Gasteiger partial charge in [0.1, 0.15) is 0 Å². The molecule has 1 saturated heterocycles. The lowest BCUT2D eigenvalue weighted by atomic mass is 9.91. The van der Waals surface area contributed by atoms with Crippen molar-refractivity contribution in [3.63, 3.8) is 0 Å². The zero-order valence-corrected chi connectivity index (χ0v) is 16.7. The molecule has 0 radical (unpaired) electrons. The Morgan fingerprint density at radius 2 is 2.10 bits per heavy atom. The molecule has 4 rings (SSSR count). The predicted molar refractivity (Wildman–Crippen MR) is 101 cm³/mol. The van der Waals surface area contributed by atoms with E-state index in [9.17, 15) is 27.5 Å². The summed E-state index contributed by atoms with van der Waals surface area (Å²) in [6, 6.07) is 1.30. The summed E-state index contributed by atoms with van der Waals surface area (Å²) in [6.07, 6.45) is -2.75. The van der Waals surface area contributed by atoms with E-state index in [4.69, 9.17) is 0 Å². The number of aromatic nitrogens is 4. The van der Waals surface area contributed by atoms with Gasteiger partial charge in [-0.15, -0.1) is 0 Å². The summed E-state index contributed by atoms with van der Waals surface area (Å²) in [5.74, 6) is -2.52. The van der Waals surface area contributed by atoms with Crippen molar-refractivity contribution in [3.8, 4) is 5.75 Å². The van der Waals surface area contributed by atoms with Crippen molar-refractivity contribution in [2.24, 2.45) is 5.92 Å². The van der Waals surface area contributed by atoms with E-state index in [1.807, 2.05) is 4.90 Å². The number of aromatic hydroxyl groups is 1. The van der Waals surface area contributed by atoms with Crippen LogP contribution in [0, 0.1) is 11.7 Å². The first-order valence-electron chi connectivity index (χ1n) is 10.0. The molecule has 8 nitrogen and oxygen atoms in total. The van der Waals surface area contributed by atoms with Gasteiger partial charge in [0.25, 0.3) is 0 Å². The fraction of sp³-hybridized carbons (Fsp3) is 0.579. The number of tetrazole rings is 1. The lowest BCUT2D eigenvalue weighted by Crippen LogP contribution is -2.47. The Kier molecular flexibility index (Phi) is 5.26. The number of hydrogen-bond donors (Lipinski definition) is 3. The molecule has 3 N–H and O–H groups in total. The third kappa shape index (κ3) is 4.02. The molecule has 1 aliphatic carbocycles. The van der Waals surface area contributed by atoms with Crippen LogP contribution in [0.15, 0.2) is 12.1 Å². The van der Waals surface area contributed by atoms with Crippen LogP contribution in [-0.4, -0.2) is 50.8 Å². The summed E-state index contributed by atoms with van der Waals surface area (Å²) >= 11 is 0. The maximum atomic E-state index is 14.2. The quantitative estimate of drug-likeness (QED) is 0.629. The predicted octanol–water partition coefficient (Wildman–Crippen LogP) is 2.52. The van der Waals surface area contributed by atoms with E-state index < -0.39 is 34.6 Å². The molecular formula is C19H22F4N6O2. The largest absolute Gasteiger partial charge is 0.505 e. The highest BCUT2D eigenvalue weighted by molar-refractivity contribution is 5.92. The summed E-state index contributed by atoms with van der Waals surface area (Å²) in [4.78, 5) is 15.0. The molecule has 168 valence electrons. The Morgan fingerprint density at radius 1 is 1.35 bits per heavy atom. The van der Waals surface area contributed by atoms with E-state index >= 15 is 0 Å². The molecule has 2 heterocycles. The van der Waals surface area contributed by atoms with Gasteiger partial charge in [-0.3, -0.25) is 4.79 Å². The Hall–Kier alpha value is -2.92. The average molecular weight is 442 g/mol. The summed E-state index contributed by atoms with van der Waals surface area (Å²) < 4.78 is 53.0. The highest BCUT2D eigenvalue weighted by atomic mass is 19.4. The third-order valence-electron chi connectivity index (χ3n) is 6.11. The molecule has 2 aliphatic rings. The van der Waals surface area contributed by atoms with Gasteiger partial charge >= 0.3 is 6.18 Å². The molecule has 1 aliphatic heterocycles. The van der Waals surface area contributed by atoms with E-state index in [2.05, 4.69) is 32.9 Å². The van der Waals surface area contributed by atoms with Gasteiger partial charge in [0, 0.05) is 24.7 Å². The number of benzene rings is 1. The lowest BCUT2D eigenvalue weighted by molar-refractivity contribution is -0.140. The third-order valence-corrected chi connectivity index (χ3v) is 6.11. The van der Waals surface area contributed by atoms with Crippen LogP contribution in [-0.2, 0) is 16.4 Å². The standard InChI is InChI=1S/C19H22F4N6O2/c1-10-4-7-29(17-25-27-28-26-17)9-11(8-10)24-16(31)18(5-6-18)13-3-2-12(19(21,22)23)14(20)15(13)30/h2-3,10-11,30H,4-9H2,1H3,(H,24,31)(H,25,26,27,28). The number of rotatable bonds is 4. The fourth-order valence-electron chi connectivity index (χ4n) is 4.23. The van der Waals surface area contributed by atoms with Gasteiger partial charge in [0.15, 0.2) is 11.6 Å². The van der Waals surface area contributed by atoms with Crippen molar-refractivity contribution < 1.29 is 27.5 Å². The maximum Gasteiger partial charge on any atom is 0.419 e. The smallest absolute Gasteiger partial charge is 0.419 e. The Bertz CT molecular complexity index is 961. The van der Waals surface area contributed by atoms with Crippen LogP contribution in [0.3, 0.4) is 0 Å². The minimum atomic E-state index is -4.94. The average Bonchev–Trinajstić information content (AvgIpc) is 3.36. The molecular weight excluding hydrogens is 420 g/mol. The summed E-state index contributed by atoms with van der Waals surface area (Å²) in [6.45, 7) is 3.20. The minimum Gasteiger partial charge on any atom is -0.505 e. The van der Waals surface area contributed by atoms with Crippen LogP contribution < -0.4 is 10.2 Å². The molecule has 1 amide bonds. The van der Waals surface area contributed by atoms with E-state index in [1.165, 1.54) is 0 Å². The van der Waals surface area contributed by atoms with Crippen LogP contribution in [0.2, 0.25) is 0 Å². The Balaban J connectivity index is 1.55. The van der Waals surface area contributed by atoms with Gasteiger partial charge in [-0.1, -0.05) is 18.1 Å². The van der Waals surface area contributed by atoms with Crippen molar-refractivity contribution in [2.75, 3.05) is 18.0 Å². The second-order valence-electron chi connectivity index (χ2n) is 8.37. The lowest BCUT2D eigenvalue weighted by Gasteiger charge is -2.26. The topological polar surface area (TPSA) is 107 Å². The van der Waals surface area contributed by atoms with Gasteiger partial charge in [-0.2, -0.15) is 13.2 Å². The van der Waals surface area contributed by atoms with Crippen molar-refractivity contribution in [1.82, 2.24) is 25.9 Å². The second-order valence-corrected chi connectivity index (χ2v) is 8.37. The van der Waals surface area contributed by atoms with Crippen LogP contribution in [0.25, 0.3) is 0 Å². The summed E-state index contributed by atoms with van der Waals surface area (Å²) in [5, 5.41) is 26.8. The molecule has 0 spiro atoms. The van der Waals surface area contributed by atoms with E-state index in [1.54, 1.807) is 0 Å². The Morgan fingerprint density at radius 3 is 2.71 bits per heavy atom. The molecule has 2 fully saturated rings. The number of phenols is 1. The number of anilines is 1. The number of H-pyrrole nitrogens is 1. The van der Waals surface area contributed by atoms with Gasteiger partial charge < -0.3 is 15.3 Å². The zero-order chi connectivity index (χ0) is 22.4. The molecule has 1 aromatic carbocycles. The number of phenolic OH excluding ortho intramolecular Hbond substituents is 1. The normalized spacial score (nSPS) is 23.3. The first-order chi connectivity index (χ1) is 14.6. The number of hydrogen-bond acceptors (Lipinski definition) is 6. The molecule has 1 aromatic heterocycles. The number of halogens is 4. The van der Waals surface area contributed by atoms with Gasteiger partial charge in [0.05, 0.1) is 11.0 Å². The van der Waals surface area contributed by atoms with Crippen molar-refractivity contribution in [3.05, 3.63) is 29.1 Å². The molecule has 31 heavy (non-hydrogen) atoms. The SMILES string of the molecule is CC1CCN(c2nnn[nH]2)CC(NC(=O)C2(c3ccc(C(F)(F)F)c(F)c3O)CC2)C1. The molecule has 1 saturated carbocycles. The summed E-state index contributed by atoms with van der Waals surface area (Å²) in [7, 11) is 0. The van der Waals surface area contributed by atoms with Gasteiger partial charge in [-0.05, 0) is 48.1 Å². The number of carbonyl (C=O) groups is 1. The summed E-state index contributed by atoms with van der Waals surface area (Å²) in [5.41, 5.74) is -2.91. The molecule has 2 atom stereocenters. The van der Waals surface area contributed by atoms with Gasteiger partial charge in [0.2, 0.25) is 11.9 Å². The molecule has 2 unspecified atom stereocenters. The van der Waals surface area contributed by atoms with E-state index in [0.29, 0.717) is 50.3 Å². The van der Waals surface area contributed by atoms with Crippen molar-refractivity contribution in [2.45, 2.75) is 50.2 Å². The van der Waals surface area contributed by atoms with E-state index in [0.717, 1.165) is 12.5 Å². The van der Waals surface area contributed by atoms with Gasteiger partial charge in [-0.25, -0.2) is 9.49 Å². The highest BCUT2D eigenvalue weighted by Gasteiger charge is 2.54. The zero-order valence-electron chi connectivity index (χ0n) is 16.7. The second kappa shape index (κ2) is 7.65.